The molecule has 1 aliphatic heterocycles. The lowest BCUT2D eigenvalue weighted by molar-refractivity contribution is -0.123. The Kier molecular flexibility index (Phi) is 6.01. The van der Waals surface area contributed by atoms with Crippen LogP contribution in [0.15, 0.2) is 42.5 Å². The van der Waals surface area contributed by atoms with Crippen LogP contribution in [0.5, 0.6) is 5.75 Å². The van der Waals surface area contributed by atoms with Gasteiger partial charge in [-0.25, -0.2) is 9.18 Å². The van der Waals surface area contributed by atoms with Gasteiger partial charge in [-0.2, -0.15) is 0 Å². The summed E-state index contributed by atoms with van der Waals surface area (Å²) in [6.07, 6.45) is 1.97. The highest BCUT2D eigenvalue weighted by Gasteiger charge is 2.49. The molecule has 8 heteroatoms. The third-order valence-corrected chi connectivity index (χ3v) is 7.87. The number of anilines is 1. The first-order chi connectivity index (χ1) is 16.9. The molecule has 184 valence electrons. The van der Waals surface area contributed by atoms with Gasteiger partial charge in [-0.1, -0.05) is 12.1 Å². The number of aromatic nitrogens is 1. The first-order valence-electron chi connectivity index (χ1n) is 12.0. The Balaban J connectivity index is 1.48. The fraction of sp³-hybridized carbons (Fsp3) is 0.407. The van der Waals surface area contributed by atoms with Gasteiger partial charge in [-0.15, -0.1) is 0 Å². The number of carbonyl (C=O) groups excluding carboxylic acids is 2. The first-order valence-corrected chi connectivity index (χ1v) is 12.0. The van der Waals surface area contributed by atoms with E-state index in [0.717, 1.165) is 27.9 Å². The average molecular weight is 480 g/mol. The number of para-hydroxylation sites is 1. The Morgan fingerprint density at radius 1 is 1.23 bits per heavy atom. The summed E-state index contributed by atoms with van der Waals surface area (Å²) >= 11 is 0. The quantitative estimate of drug-likeness (QED) is 0.511. The molecule has 1 spiro atoms. The van der Waals surface area contributed by atoms with Crippen LogP contribution in [0.4, 0.5) is 14.9 Å². The molecule has 1 aliphatic carbocycles. The van der Waals surface area contributed by atoms with Crippen LogP contribution >= 0.6 is 0 Å². The highest BCUT2D eigenvalue weighted by molar-refractivity contribution is 5.91. The summed E-state index contributed by atoms with van der Waals surface area (Å²) in [5.41, 5.74) is 2.81. The number of aliphatic hydroxyl groups is 1. The molecule has 2 atom stereocenters. The van der Waals surface area contributed by atoms with Crippen LogP contribution in [0.2, 0.25) is 0 Å². The molecular formula is C27H30FN3O4. The monoisotopic (exact) mass is 479 g/mol. The number of aromatic amines is 1. The highest BCUT2D eigenvalue weighted by atomic mass is 19.1. The van der Waals surface area contributed by atoms with E-state index in [-0.39, 0.29) is 41.4 Å². The Morgan fingerprint density at radius 3 is 2.63 bits per heavy atom. The number of likely N-dealkylation sites (tertiary alicyclic amines) is 1. The lowest BCUT2D eigenvalue weighted by Gasteiger charge is -2.48. The number of aliphatic hydroxyl groups excluding tert-OH is 1. The summed E-state index contributed by atoms with van der Waals surface area (Å²) in [5.74, 6) is -0.284. The predicted molar refractivity (Wildman–Crippen MR) is 131 cm³/mol. The Hall–Kier alpha value is -3.39. The molecule has 2 aromatic carbocycles. The molecule has 2 amide bonds. The van der Waals surface area contributed by atoms with Crippen LogP contribution in [-0.4, -0.2) is 53.6 Å². The Bertz CT molecular complexity index is 1280. The number of methoxy groups -OCH3 is 1. The molecule has 2 heterocycles. The van der Waals surface area contributed by atoms with Crippen LogP contribution in [0.25, 0.3) is 10.9 Å². The van der Waals surface area contributed by atoms with E-state index in [1.54, 1.807) is 37.1 Å². The number of amides is 2. The van der Waals surface area contributed by atoms with Crippen molar-refractivity contribution >= 4 is 28.4 Å². The van der Waals surface area contributed by atoms with Crippen LogP contribution in [0, 0.1) is 11.7 Å². The fourth-order valence-corrected chi connectivity index (χ4v) is 6.03. The maximum Gasteiger partial charge on any atom is 0.321 e. The number of urea groups is 1. The van der Waals surface area contributed by atoms with Crippen molar-refractivity contribution in [2.75, 3.05) is 32.1 Å². The minimum Gasteiger partial charge on any atom is -0.497 e. The van der Waals surface area contributed by atoms with E-state index in [2.05, 4.69) is 10.3 Å². The zero-order chi connectivity index (χ0) is 24.7. The number of carbonyl (C=O) groups is 2. The topological polar surface area (TPSA) is 94.7 Å². The van der Waals surface area contributed by atoms with Crippen LogP contribution < -0.4 is 10.1 Å². The van der Waals surface area contributed by atoms with Crippen LogP contribution in [-0.2, 0) is 10.2 Å². The molecular weight excluding hydrogens is 449 g/mol. The van der Waals surface area contributed by atoms with Gasteiger partial charge < -0.3 is 25.0 Å². The minimum atomic E-state index is -0.472. The number of H-pyrrole nitrogens is 1. The number of nitrogens with one attached hydrogen (secondary N) is 2. The van der Waals surface area contributed by atoms with Crippen molar-refractivity contribution in [2.45, 2.75) is 37.5 Å². The van der Waals surface area contributed by atoms with Crippen LogP contribution in [0.3, 0.4) is 0 Å². The zero-order valence-electron chi connectivity index (χ0n) is 19.9. The van der Waals surface area contributed by atoms with Gasteiger partial charge in [0.05, 0.1) is 19.4 Å². The molecule has 35 heavy (non-hydrogen) atoms. The molecule has 7 nitrogen and oxygen atoms in total. The first kappa shape index (κ1) is 23.4. The van der Waals surface area contributed by atoms with Gasteiger partial charge in [0.25, 0.3) is 0 Å². The number of halogens is 1. The molecule has 5 rings (SSSR count). The summed E-state index contributed by atoms with van der Waals surface area (Å²) in [6.45, 7) is 2.44. The van der Waals surface area contributed by atoms with Crippen molar-refractivity contribution in [1.82, 2.24) is 9.88 Å². The number of ether oxygens (including phenoxy) is 1. The average Bonchev–Trinajstić information content (AvgIpc) is 3.25. The molecule has 1 aromatic heterocycles. The second-order valence-electron chi connectivity index (χ2n) is 9.71. The maximum atomic E-state index is 14.0. The smallest absolute Gasteiger partial charge is 0.321 e. The molecule has 2 aliphatic rings. The number of nitrogens with zero attached hydrogens (tertiary/aromatic N) is 1. The van der Waals surface area contributed by atoms with E-state index in [0.29, 0.717) is 32.4 Å². The molecule has 0 bridgehead atoms. The van der Waals surface area contributed by atoms with E-state index < -0.39 is 5.82 Å². The van der Waals surface area contributed by atoms with Gasteiger partial charge in [0, 0.05) is 53.0 Å². The number of Topliss-reactive ketones (excluding diaryl/α,β-unsaturated/α-hetero) is 1. The summed E-state index contributed by atoms with van der Waals surface area (Å²) in [4.78, 5) is 30.8. The molecule has 3 N–H and O–H groups in total. The van der Waals surface area contributed by atoms with Crippen molar-refractivity contribution < 1.29 is 23.8 Å². The SMILES string of the molecule is COc1ccc2c3c([nH]c2c1)[C@H](CO)C(C(C)=O)CC31CCN(C(=O)Nc2ccccc2F)CC1. The molecule has 1 unspecified atom stereocenters. The largest absolute Gasteiger partial charge is 0.497 e. The van der Waals surface area contributed by atoms with E-state index >= 15 is 0 Å². The molecule has 1 fully saturated rings. The summed E-state index contributed by atoms with van der Waals surface area (Å²) in [6, 6.07) is 11.7. The molecule has 0 radical (unpaired) electrons. The summed E-state index contributed by atoms with van der Waals surface area (Å²) in [5, 5.41) is 14.0. The Labute approximate surface area is 203 Å². The van der Waals surface area contributed by atoms with Crippen LogP contribution in [0.1, 0.15) is 43.4 Å². The standard InChI is InChI=1S/C27H30FN3O4/c1-16(33)19-14-27(9-11-31(12-10-27)26(34)30-22-6-4-3-5-21(22)28)24-18-8-7-17(35-2)13-23(18)29-25(24)20(19)15-32/h3-8,13,19-20,29,32H,9-12,14-15H2,1-2H3,(H,30,34)/t19?,20-/m1/s1. The molecule has 3 aromatic rings. The van der Waals surface area contributed by atoms with E-state index in [9.17, 15) is 19.1 Å². The van der Waals surface area contributed by atoms with E-state index in [1.165, 1.54) is 6.07 Å². The van der Waals surface area contributed by atoms with Crippen molar-refractivity contribution in [2.24, 2.45) is 5.92 Å². The maximum absolute atomic E-state index is 14.0. The van der Waals surface area contributed by atoms with Gasteiger partial charge in [-0.3, -0.25) is 4.79 Å². The molecule has 0 saturated carbocycles. The lowest BCUT2D eigenvalue weighted by Crippen LogP contribution is -2.50. The number of fused-ring (bicyclic) bond motifs is 4. The Morgan fingerprint density at radius 2 is 1.97 bits per heavy atom. The van der Waals surface area contributed by atoms with Crippen molar-refractivity contribution in [3.8, 4) is 5.75 Å². The fourth-order valence-electron chi connectivity index (χ4n) is 6.03. The zero-order valence-corrected chi connectivity index (χ0v) is 19.9. The lowest BCUT2D eigenvalue weighted by atomic mass is 9.59. The number of benzene rings is 2. The molecule has 1 saturated heterocycles. The number of ketones is 1. The summed E-state index contributed by atoms with van der Waals surface area (Å²) in [7, 11) is 1.62. The second kappa shape index (κ2) is 9.00. The van der Waals surface area contributed by atoms with Gasteiger partial charge in [-0.05, 0) is 56.0 Å². The normalized spacial score (nSPS) is 21.1. The van der Waals surface area contributed by atoms with Gasteiger partial charge >= 0.3 is 6.03 Å². The van der Waals surface area contributed by atoms with Crippen molar-refractivity contribution in [3.05, 3.63) is 59.5 Å². The highest BCUT2D eigenvalue weighted by Crippen LogP contribution is 2.53. The van der Waals surface area contributed by atoms with Gasteiger partial charge in [0.15, 0.2) is 0 Å². The van der Waals surface area contributed by atoms with Crippen molar-refractivity contribution in [3.63, 3.8) is 0 Å². The minimum absolute atomic E-state index is 0.0602. The second-order valence-corrected chi connectivity index (χ2v) is 9.71. The number of piperidine rings is 1. The predicted octanol–water partition coefficient (Wildman–Crippen LogP) is 4.57. The van der Waals surface area contributed by atoms with Gasteiger partial charge in [0.1, 0.15) is 17.3 Å². The number of hydrogen-bond donors (Lipinski definition) is 3. The van der Waals surface area contributed by atoms with E-state index in [4.69, 9.17) is 4.74 Å². The summed E-state index contributed by atoms with van der Waals surface area (Å²) < 4.78 is 19.4. The third kappa shape index (κ3) is 3.95. The van der Waals surface area contributed by atoms with Crippen molar-refractivity contribution in [1.29, 1.82) is 0 Å². The van der Waals surface area contributed by atoms with E-state index in [1.807, 2.05) is 18.2 Å². The number of rotatable bonds is 4. The third-order valence-electron chi connectivity index (χ3n) is 7.87. The van der Waals surface area contributed by atoms with Gasteiger partial charge in [0.2, 0.25) is 0 Å². The number of hydrogen-bond acceptors (Lipinski definition) is 4.